The number of carboxylic acids is 1. The van der Waals surface area contributed by atoms with E-state index in [1.165, 1.54) is 7.05 Å². The lowest BCUT2D eigenvalue weighted by Crippen LogP contribution is -2.46. The maximum absolute atomic E-state index is 11.8. The van der Waals surface area contributed by atoms with Crippen molar-refractivity contribution in [3.05, 3.63) is 0 Å². The first-order valence-corrected chi connectivity index (χ1v) is 7.52. The van der Waals surface area contributed by atoms with Crippen LogP contribution >= 0.6 is 0 Å². The monoisotopic (exact) mass is 294 g/mol. The molecule has 7 nitrogen and oxygen atoms in total. The maximum atomic E-state index is 11.8. The first-order chi connectivity index (χ1) is 8.44. The van der Waals surface area contributed by atoms with E-state index in [2.05, 4.69) is 5.32 Å². The average Bonchev–Trinajstić information content (AvgIpc) is 2.12. The van der Waals surface area contributed by atoms with E-state index in [1.807, 2.05) is 0 Å². The summed E-state index contributed by atoms with van der Waals surface area (Å²) in [5.41, 5.74) is -0.426. The van der Waals surface area contributed by atoms with Gasteiger partial charge in [0.2, 0.25) is 15.9 Å². The van der Waals surface area contributed by atoms with Crippen LogP contribution in [0.25, 0.3) is 0 Å². The number of nitrogens with zero attached hydrogens (tertiary/aromatic N) is 1. The highest BCUT2D eigenvalue weighted by Crippen LogP contribution is 2.04. The maximum Gasteiger partial charge on any atom is 0.303 e. The summed E-state index contributed by atoms with van der Waals surface area (Å²) in [6, 6.07) is 0. The van der Waals surface area contributed by atoms with Gasteiger partial charge in [0.1, 0.15) is 0 Å². The van der Waals surface area contributed by atoms with Crippen LogP contribution in [0.2, 0.25) is 0 Å². The number of carbonyl (C=O) groups is 2. The van der Waals surface area contributed by atoms with Crippen molar-refractivity contribution in [2.24, 2.45) is 0 Å². The fourth-order valence-electron chi connectivity index (χ4n) is 1.32. The molecular weight excluding hydrogens is 272 g/mol. The molecule has 0 aliphatic carbocycles. The van der Waals surface area contributed by atoms with Crippen molar-refractivity contribution < 1.29 is 23.1 Å². The summed E-state index contributed by atoms with van der Waals surface area (Å²) in [6.45, 7) is 5.12. The van der Waals surface area contributed by atoms with Crippen LogP contribution in [0, 0.1) is 0 Å². The van der Waals surface area contributed by atoms with Crippen molar-refractivity contribution in [2.75, 3.05) is 19.3 Å². The molecule has 0 saturated carbocycles. The Kier molecular flexibility index (Phi) is 6.44. The summed E-state index contributed by atoms with van der Waals surface area (Å²) in [6.07, 6.45) is -0.176. The molecule has 0 rings (SSSR count). The van der Waals surface area contributed by atoms with Crippen LogP contribution in [0.4, 0.5) is 0 Å². The molecule has 1 amide bonds. The van der Waals surface area contributed by atoms with Crippen LogP contribution in [-0.4, -0.2) is 54.6 Å². The molecule has 0 aromatic rings. The lowest BCUT2D eigenvalue weighted by Gasteiger charge is -2.23. The second kappa shape index (κ2) is 6.85. The largest absolute Gasteiger partial charge is 0.481 e. The Labute approximate surface area is 114 Å². The summed E-state index contributed by atoms with van der Waals surface area (Å²) in [4.78, 5) is 21.9. The number of aliphatic carboxylic acids is 1. The van der Waals surface area contributed by atoms with Crippen LogP contribution in [0.3, 0.4) is 0 Å². The van der Waals surface area contributed by atoms with Gasteiger partial charge in [-0.2, -0.15) is 4.31 Å². The van der Waals surface area contributed by atoms with Crippen molar-refractivity contribution in [2.45, 2.75) is 39.2 Å². The van der Waals surface area contributed by atoms with Gasteiger partial charge >= 0.3 is 5.97 Å². The van der Waals surface area contributed by atoms with Gasteiger partial charge in [0.15, 0.2) is 0 Å². The molecule has 0 atom stereocenters. The molecule has 0 aliphatic heterocycles. The van der Waals surface area contributed by atoms with Gasteiger partial charge in [0.25, 0.3) is 0 Å². The zero-order valence-electron chi connectivity index (χ0n) is 11.8. The third-order valence-corrected chi connectivity index (χ3v) is 4.03. The van der Waals surface area contributed by atoms with Crippen molar-refractivity contribution in [1.82, 2.24) is 9.62 Å². The van der Waals surface area contributed by atoms with Crippen LogP contribution in [0.5, 0.6) is 0 Å². The van der Waals surface area contributed by atoms with E-state index in [4.69, 9.17) is 5.11 Å². The molecule has 8 heteroatoms. The van der Waals surface area contributed by atoms with Gasteiger partial charge in [-0.05, 0) is 27.2 Å². The molecule has 0 aliphatic rings. The fraction of sp³-hybridized carbons (Fsp3) is 0.818. The molecule has 0 unspecified atom stereocenters. The van der Waals surface area contributed by atoms with E-state index >= 15 is 0 Å². The van der Waals surface area contributed by atoms with Gasteiger partial charge in [0.05, 0.1) is 12.3 Å². The molecule has 0 fully saturated rings. The molecule has 0 spiro atoms. The number of likely N-dealkylation sites (N-methyl/N-ethyl adjacent to an activating group) is 1. The van der Waals surface area contributed by atoms with Crippen molar-refractivity contribution in [3.63, 3.8) is 0 Å². The molecule has 0 aromatic carbocycles. The van der Waals surface area contributed by atoms with Gasteiger partial charge in [-0.25, -0.2) is 8.42 Å². The number of amides is 1. The highest BCUT2D eigenvalue weighted by atomic mass is 32.2. The highest BCUT2D eigenvalue weighted by Gasteiger charge is 2.22. The van der Waals surface area contributed by atoms with E-state index < -0.39 is 27.4 Å². The minimum Gasteiger partial charge on any atom is -0.481 e. The van der Waals surface area contributed by atoms with E-state index in [0.29, 0.717) is 0 Å². The Morgan fingerprint density at radius 2 is 1.79 bits per heavy atom. The third kappa shape index (κ3) is 8.55. The van der Waals surface area contributed by atoms with E-state index in [1.54, 1.807) is 20.8 Å². The van der Waals surface area contributed by atoms with E-state index in [9.17, 15) is 18.0 Å². The van der Waals surface area contributed by atoms with E-state index in [-0.39, 0.29) is 25.1 Å². The van der Waals surface area contributed by atoms with Crippen LogP contribution in [-0.2, 0) is 19.6 Å². The number of hydrogen-bond donors (Lipinski definition) is 2. The molecule has 0 heterocycles. The normalized spacial score (nSPS) is 12.5. The first-order valence-electron chi connectivity index (χ1n) is 5.91. The SMILES string of the molecule is CN(CC(=O)NC(C)(C)C)S(=O)(=O)CCCC(=O)O. The summed E-state index contributed by atoms with van der Waals surface area (Å²) in [5.74, 6) is -1.71. The molecule has 112 valence electrons. The Morgan fingerprint density at radius 3 is 2.21 bits per heavy atom. The first kappa shape index (κ1) is 17.8. The number of hydrogen-bond acceptors (Lipinski definition) is 4. The van der Waals surface area contributed by atoms with Gasteiger partial charge in [-0.1, -0.05) is 0 Å². The Morgan fingerprint density at radius 1 is 1.26 bits per heavy atom. The van der Waals surface area contributed by atoms with Gasteiger partial charge < -0.3 is 10.4 Å². The predicted octanol–water partition coefficient (Wildman–Crippen LogP) is 0.0275. The summed E-state index contributed by atoms with van der Waals surface area (Å²) < 4.78 is 24.5. The molecular formula is C11H22N2O5S. The zero-order valence-corrected chi connectivity index (χ0v) is 12.6. The number of nitrogens with one attached hydrogen (secondary N) is 1. The van der Waals surface area contributed by atoms with Crippen LogP contribution in [0.1, 0.15) is 33.6 Å². The van der Waals surface area contributed by atoms with Crippen molar-refractivity contribution in [3.8, 4) is 0 Å². The number of carboxylic acid groups (broad SMARTS) is 1. The average molecular weight is 294 g/mol. The van der Waals surface area contributed by atoms with Gasteiger partial charge in [-0.15, -0.1) is 0 Å². The number of rotatable bonds is 7. The topological polar surface area (TPSA) is 104 Å². The number of sulfonamides is 1. The summed E-state index contributed by atoms with van der Waals surface area (Å²) >= 11 is 0. The quantitative estimate of drug-likeness (QED) is 0.689. The predicted molar refractivity (Wildman–Crippen MR) is 71.2 cm³/mol. The minimum atomic E-state index is -3.60. The molecule has 0 radical (unpaired) electrons. The molecule has 0 saturated heterocycles. The van der Waals surface area contributed by atoms with Gasteiger partial charge in [0, 0.05) is 19.0 Å². The molecule has 19 heavy (non-hydrogen) atoms. The molecule has 2 N–H and O–H groups in total. The minimum absolute atomic E-state index is 0.0307. The molecule has 0 aromatic heterocycles. The van der Waals surface area contributed by atoms with Gasteiger partial charge in [-0.3, -0.25) is 9.59 Å². The van der Waals surface area contributed by atoms with Crippen LogP contribution in [0.15, 0.2) is 0 Å². The van der Waals surface area contributed by atoms with Crippen LogP contribution < -0.4 is 5.32 Å². The second-order valence-corrected chi connectivity index (χ2v) is 7.56. The summed E-state index contributed by atoms with van der Waals surface area (Å²) in [7, 11) is -2.29. The molecule has 0 bridgehead atoms. The Hall–Kier alpha value is -1.15. The third-order valence-electron chi connectivity index (χ3n) is 2.15. The van der Waals surface area contributed by atoms with E-state index in [0.717, 1.165) is 4.31 Å². The smallest absolute Gasteiger partial charge is 0.303 e. The lowest BCUT2D eigenvalue weighted by molar-refractivity contribution is -0.137. The Bertz CT molecular complexity index is 425. The van der Waals surface area contributed by atoms with Crippen molar-refractivity contribution >= 4 is 21.9 Å². The zero-order chi connectivity index (χ0) is 15.3. The Balaban J connectivity index is 4.35. The van der Waals surface area contributed by atoms with Crippen molar-refractivity contribution in [1.29, 1.82) is 0 Å². The fourth-order valence-corrected chi connectivity index (χ4v) is 2.45. The summed E-state index contributed by atoms with van der Waals surface area (Å²) in [5, 5.41) is 11.1. The second-order valence-electron chi connectivity index (χ2n) is 5.37. The lowest BCUT2D eigenvalue weighted by atomic mass is 10.1. The highest BCUT2D eigenvalue weighted by molar-refractivity contribution is 7.89. The standard InChI is InChI=1S/C11H22N2O5S/c1-11(2,3)12-9(14)8-13(4)19(17,18)7-5-6-10(15)16/h5-8H2,1-4H3,(H,12,14)(H,15,16). The number of carbonyl (C=O) groups excluding carboxylic acids is 1.